The van der Waals surface area contributed by atoms with Crippen LogP contribution in [0.2, 0.25) is 25.7 Å². The molecule has 7 nitrogen and oxygen atoms in total. The number of hydrogen-bond donors (Lipinski definition) is 1. The van der Waals surface area contributed by atoms with Crippen molar-refractivity contribution in [3.05, 3.63) is 89.6 Å². The summed E-state index contributed by atoms with van der Waals surface area (Å²) < 4.78 is 23.6. The highest BCUT2D eigenvalue weighted by Gasteiger charge is 2.22. The van der Waals surface area contributed by atoms with E-state index in [4.69, 9.17) is 4.74 Å². The fourth-order valence-corrected chi connectivity index (χ4v) is 5.98. The van der Waals surface area contributed by atoms with E-state index in [1.807, 2.05) is 23.6 Å². The van der Waals surface area contributed by atoms with Gasteiger partial charge in [0.2, 0.25) is 0 Å². The van der Waals surface area contributed by atoms with Crippen LogP contribution in [0.15, 0.2) is 67.1 Å². The average molecular weight is 610 g/mol. The first-order valence-corrected chi connectivity index (χ1v) is 18.8. The van der Waals surface area contributed by atoms with Gasteiger partial charge in [-0.25, -0.2) is 14.4 Å². The number of halogens is 1. The minimum absolute atomic E-state index is 0.0845. The van der Waals surface area contributed by atoms with Gasteiger partial charge in [0.05, 0.1) is 17.6 Å². The van der Waals surface area contributed by atoms with Crippen molar-refractivity contribution < 1.29 is 13.9 Å². The number of carbonyl (C=O) groups excluding carboxylic acids is 1. The Balaban J connectivity index is 1.45. The van der Waals surface area contributed by atoms with Crippen molar-refractivity contribution in [3.8, 4) is 23.1 Å². The number of amides is 1. The first kappa shape index (κ1) is 31.3. The second-order valence-corrected chi connectivity index (χ2v) is 17.9. The van der Waals surface area contributed by atoms with Crippen LogP contribution in [0.1, 0.15) is 34.8 Å². The Labute approximate surface area is 260 Å². The highest BCUT2D eigenvalue weighted by Crippen LogP contribution is 2.36. The van der Waals surface area contributed by atoms with Gasteiger partial charge in [0.25, 0.3) is 5.91 Å². The fourth-order valence-electron chi connectivity index (χ4n) is 5.22. The van der Waals surface area contributed by atoms with Crippen molar-refractivity contribution >= 4 is 30.6 Å². The van der Waals surface area contributed by atoms with Crippen LogP contribution < -0.4 is 5.32 Å². The third-order valence-electron chi connectivity index (χ3n) is 7.80. The van der Waals surface area contributed by atoms with Crippen LogP contribution in [-0.2, 0) is 18.0 Å². The number of carbonyl (C=O) groups is 1. The second-order valence-electron chi connectivity index (χ2n) is 12.3. The van der Waals surface area contributed by atoms with Crippen molar-refractivity contribution in [2.24, 2.45) is 0 Å². The topological polar surface area (TPSA) is 72.3 Å². The van der Waals surface area contributed by atoms with E-state index in [2.05, 4.69) is 63.9 Å². The molecule has 0 saturated carbocycles. The third-order valence-corrected chi connectivity index (χ3v) is 9.51. The van der Waals surface area contributed by atoms with E-state index in [1.165, 1.54) is 18.0 Å². The monoisotopic (exact) mass is 609 g/mol. The number of rotatable bonds is 11. The number of fused-ring (bicyclic) bond motifs is 1. The van der Waals surface area contributed by atoms with Crippen LogP contribution in [0.25, 0.3) is 27.9 Å². The number of benzene rings is 2. The van der Waals surface area contributed by atoms with Crippen molar-refractivity contribution in [2.45, 2.75) is 52.3 Å². The maximum Gasteiger partial charge on any atom is 0.251 e. The summed E-state index contributed by atoms with van der Waals surface area (Å²) in [6, 6.07) is 15.1. The molecular formula is C35H40FN5O2Si. The lowest BCUT2D eigenvalue weighted by molar-refractivity contribution is 0.0898. The van der Waals surface area contributed by atoms with Gasteiger partial charge in [0.1, 0.15) is 24.5 Å². The zero-order chi connectivity index (χ0) is 31.1. The summed E-state index contributed by atoms with van der Waals surface area (Å²) in [5.74, 6) is 5.49. The zero-order valence-electron chi connectivity index (χ0n) is 26.0. The van der Waals surface area contributed by atoms with E-state index in [0.717, 1.165) is 48.7 Å². The molecule has 0 aliphatic carbocycles. The second kappa shape index (κ2) is 14.1. The summed E-state index contributed by atoms with van der Waals surface area (Å²) in [7, 11) is -1.22. The Morgan fingerprint density at radius 1 is 1.14 bits per heavy atom. The van der Waals surface area contributed by atoms with Crippen LogP contribution >= 0.6 is 0 Å². The molecule has 0 bridgehead atoms. The number of ether oxygens (including phenoxy) is 1. The molecule has 1 N–H and O–H groups in total. The van der Waals surface area contributed by atoms with E-state index in [1.54, 1.807) is 30.3 Å². The van der Waals surface area contributed by atoms with E-state index in [-0.39, 0.29) is 12.5 Å². The number of hydrogen-bond acceptors (Lipinski definition) is 5. The summed E-state index contributed by atoms with van der Waals surface area (Å²) >= 11 is 0. The SMILES string of the molecule is CC#CCN1CC=C(c2cn(COCC[Si](C)(C)C)c3ncnc(-c4ccc(CNC(=O)c5ccccc5)c(F)c4)c23)CC1. The predicted molar refractivity (Wildman–Crippen MR) is 177 cm³/mol. The van der Waals surface area contributed by atoms with E-state index < -0.39 is 13.9 Å². The Morgan fingerprint density at radius 2 is 1.95 bits per heavy atom. The molecule has 1 amide bonds. The van der Waals surface area contributed by atoms with Gasteiger partial charge in [0, 0.05) is 62.8 Å². The molecule has 1 aliphatic rings. The highest BCUT2D eigenvalue weighted by molar-refractivity contribution is 6.76. The van der Waals surface area contributed by atoms with Gasteiger partial charge in [-0.05, 0) is 43.2 Å². The van der Waals surface area contributed by atoms with Crippen molar-refractivity contribution in [3.63, 3.8) is 0 Å². The molecule has 44 heavy (non-hydrogen) atoms. The summed E-state index contributed by atoms with van der Waals surface area (Å²) in [4.78, 5) is 24.1. The van der Waals surface area contributed by atoms with Gasteiger partial charge in [-0.2, -0.15) is 0 Å². The Kier molecular flexibility index (Phi) is 10.1. The molecule has 2 aromatic heterocycles. The Morgan fingerprint density at radius 3 is 2.66 bits per heavy atom. The van der Waals surface area contributed by atoms with Crippen LogP contribution in [0.5, 0.6) is 0 Å². The lowest BCUT2D eigenvalue weighted by Gasteiger charge is -2.24. The van der Waals surface area contributed by atoms with E-state index >= 15 is 4.39 Å². The highest BCUT2D eigenvalue weighted by atomic mass is 28.3. The third kappa shape index (κ3) is 7.69. The lowest BCUT2D eigenvalue weighted by Crippen LogP contribution is -2.28. The maximum absolute atomic E-state index is 15.5. The number of nitrogens with zero attached hydrogens (tertiary/aromatic N) is 4. The molecule has 0 atom stereocenters. The van der Waals surface area contributed by atoms with Crippen LogP contribution in [-0.4, -0.2) is 59.7 Å². The van der Waals surface area contributed by atoms with Gasteiger partial charge < -0.3 is 14.6 Å². The molecule has 2 aromatic carbocycles. The Hall–Kier alpha value is -4.10. The summed E-state index contributed by atoms with van der Waals surface area (Å²) in [6.45, 7) is 12.5. The van der Waals surface area contributed by atoms with E-state index in [9.17, 15) is 4.79 Å². The predicted octanol–water partition coefficient (Wildman–Crippen LogP) is 6.59. The quantitative estimate of drug-likeness (QED) is 0.118. The molecule has 4 aromatic rings. The van der Waals surface area contributed by atoms with Gasteiger partial charge in [-0.3, -0.25) is 9.69 Å². The van der Waals surface area contributed by atoms with Crippen LogP contribution in [0.4, 0.5) is 4.39 Å². The molecule has 3 heterocycles. The van der Waals surface area contributed by atoms with Crippen molar-refractivity contribution in [1.29, 1.82) is 0 Å². The van der Waals surface area contributed by atoms with Gasteiger partial charge in [-0.15, -0.1) is 5.92 Å². The maximum atomic E-state index is 15.5. The van der Waals surface area contributed by atoms with Crippen LogP contribution in [0.3, 0.4) is 0 Å². The summed E-state index contributed by atoms with van der Waals surface area (Å²) in [5.41, 5.74) is 5.29. The first-order chi connectivity index (χ1) is 21.2. The molecule has 0 fully saturated rings. The lowest BCUT2D eigenvalue weighted by atomic mass is 9.96. The molecule has 5 rings (SSSR count). The van der Waals surface area contributed by atoms with Crippen molar-refractivity contribution in [1.82, 2.24) is 24.8 Å². The minimum atomic E-state index is -1.22. The normalized spacial score (nSPS) is 13.8. The molecule has 9 heteroatoms. The minimum Gasteiger partial charge on any atom is -0.361 e. The number of nitrogens with one attached hydrogen (secondary N) is 1. The van der Waals surface area contributed by atoms with Crippen molar-refractivity contribution in [2.75, 3.05) is 26.2 Å². The molecule has 0 unspecified atom stereocenters. The zero-order valence-corrected chi connectivity index (χ0v) is 27.0. The summed E-state index contributed by atoms with van der Waals surface area (Å²) in [5, 5.41) is 3.70. The van der Waals surface area contributed by atoms with Gasteiger partial charge in [0.15, 0.2) is 0 Å². The van der Waals surface area contributed by atoms with E-state index in [0.29, 0.717) is 35.7 Å². The van der Waals surface area contributed by atoms with Gasteiger partial charge in [-0.1, -0.05) is 62.0 Å². The molecule has 1 aliphatic heterocycles. The van der Waals surface area contributed by atoms with Crippen LogP contribution in [0, 0.1) is 17.7 Å². The Bertz CT molecular complexity index is 1720. The molecular weight excluding hydrogens is 570 g/mol. The molecule has 0 saturated heterocycles. The molecule has 228 valence electrons. The summed E-state index contributed by atoms with van der Waals surface area (Å²) in [6.07, 6.45) is 6.76. The fraction of sp³-hybridized carbons (Fsp3) is 0.343. The first-order valence-electron chi connectivity index (χ1n) is 15.1. The largest absolute Gasteiger partial charge is 0.361 e. The average Bonchev–Trinajstić information content (AvgIpc) is 3.40. The molecule has 0 radical (unpaired) electrons. The van der Waals surface area contributed by atoms with Gasteiger partial charge >= 0.3 is 0 Å². The standard InChI is InChI=1S/C35H40FN5O2Si/c1-5-6-16-40-17-14-26(15-18-40)30-23-41(25-43-19-20-44(2,3)4)34-32(30)33(38-24-39-34)28-12-13-29(31(36)21-28)22-37-35(42)27-10-8-7-9-11-27/h7-14,21,23-24H,15-20,22,25H2,1-4H3,(H,37,42). The smallest absolute Gasteiger partial charge is 0.251 e. The number of aromatic nitrogens is 3. The molecule has 0 spiro atoms.